The third-order valence-electron chi connectivity index (χ3n) is 6.35. The van der Waals surface area contributed by atoms with Crippen LogP contribution in [0, 0.1) is 11.7 Å². The lowest BCUT2D eigenvalue weighted by atomic mass is 9.81. The minimum Gasteiger partial charge on any atom is -0.493 e. The average Bonchev–Trinajstić information content (AvgIpc) is 2.80. The van der Waals surface area contributed by atoms with Gasteiger partial charge in [-0.25, -0.2) is 4.39 Å². The van der Waals surface area contributed by atoms with E-state index in [0.717, 1.165) is 56.8 Å². The summed E-state index contributed by atoms with van der Waals surface area (Å²) < 4.78 is 29.7. The standard InChI is InChI=1S/C24H29FN2O4/c1-29-21-14-20-19(23(30-2)24(21)31-3)9-4-16(22(20)28)15-26-10-12-27(13-11-26)18-7-5-17(25)6-8-18/h5-8,14,16H,4,9-13,15H2,1-3H3. The predicted molar refractivity (Wildman–Crippen MR) is 117 cm³/mol. The number of anilines is 1. The van der Waals surface area contributed by atoms with Crippen molar-refractivity contribution in [3.05, 3.63) is 47.3 Å². The fraction of sp³-hybridized carbons (Fsp3) is 0.458. The molecule has 1 atom stereocenters. The second-order valence-electron chi connectivity index (χ2n) is 8.04. The SMILES string of the molecule is COc1cc2c(c(OC)c1OC)CCC(CN1CCN(c3ccc(F)cc3)CC1)C2=O. The second kappa shape index (κ2) is 9.14. The minimum absolute atomic E-state index is 0.0484. The van der Waals surface area contributed by atoms with E-state index in [4.69, 9.17) is 14.2 Å². The van der Waals surface area contributed by atoms with Crippen LogP contribution in [0.15, 0.2) is 30.3 Å². The Balaban J connectivity index is 1.44. The first-order valence-corrected chi connectivity index (χ1v) is 10.6. The number of hydrogen-bond donors (Lipinski definition) is 0. The number of nitrogens with zero attached hydrogens (tertiary/aromatic N) is 2. The first-order chi connectivity index (χ1) is 15.0. The fourth-order valence-electron chi connectivity index (χ4n) is 4.68. The Labute approximate surface area is 182 Å². The molecule has 0 saturated carbocycles. The molecule has 0 N–H and O–H groups in total. The van der Waals surface area contributed by atoms with Crippen LogP contribution in [0.1, 0.15) is 22.3 Å². The minimum atomic E-state index is -0.218. The summed E-state index contributed by atoms with van der Waals surface area (Å²) in [6.45, 7) is 4.22. The molecule has 0 amide bonds. The Morgan fingerprint density at radius 1 is 0.968 bits per heavy atom. The maximum Gasteiger partial charge on any atom is 0.203 e. The van der Waals surface area contributed by atoms with Crippen molar-refractivity contribution in [3.8, 4) is 17.2 Å². The average molecular weight is 429 g/mol. The van der Waals surface area contributed by atoms with Gasteiger partial charge in [0, 0.05) is 55.5 Å². The van der Waals surface area contributed by atoms with Crippen molar-refractivity contribution >= 4 is 11.5 Å². The number of carbonyl (C=O) groups is 1. The molecule has 1 fully saturated rings. The molecule has 0 bridgehead atoms. The van der Waals surface area contributed by atoms with Gasteiger partial charge in [0.25, 0.3) is 0 Å². The summed E-state index contributed by atoms with van der Waals surface area (Å²) >= 11 is 0. The zero-order valence-corrected chi connectivity index (χ0v) is 18.3. The van der Waals surface area contributed by atoms with Gasteiger partial charge in [-0.15, -0.1) is 0 Å². The van der Waals surface area contributed by atoms with Gasteiger partial charge in [0.1, 0.15) is 5.82 Å². The van der Waals surface area contributed by atoms with E-state index >= 15 is 0 Å². The van der Waals surface area contributed by atoms with Crippen molar-refractivity contribution < 1.29 is 23.4 Å². The molecule has 31 heavy (non-hydrogen) atoms. The van der Waals surface area contributed by atoms with Crippen molar-refractivity contribution in [2.24, 2.45) is 5.92 Å². The van der Waals surface area contributed by atoms with E-state index in [1.54, 1.807) is 27.4 Å². The molecule has 2 aromatic carbocycles. The van der Waals surface area contributed by atoms with Gasteiger partial charge in [-0.1, -0.05) is 0 Å². The zero-order chi connectivity index (χ0) is 22.0. The largest absolute Gasteiger partial charge is 0.493 e. The summed E-state index contributed by atoms with van der Waals surface area (Å²) in [5, 5.41) is 0. The molecule has 2 aromatic rings. The summed E-state index contributed by atoms with van der Waals surface area (Å²) in [7, 11) is 4.73. The predicted octanol–water partition coefficient (Wildman–Crippen LogP) is 3.42. The number of methoxy groups -OCH3 is 3. The number of Topliss-reactive ketones (excluding diaryl/α,β-unsaturated/α-hetero) is 1. The Morgan fingerprint density at radius 3 is 2.26 bits per heavy atom. The molecule has 1 heterocycles. The highest BCUT2D eigenvalue weighted by atomic mass is 19.1. The molecule has 1 unspecified atom stereocenters. The number of carbonyl (C=O) groups excluding carboxylic acids is 1. The molecule has 1 aliphatic heterocycles. The van der Waals surface area contributed by atoms with Crippen molar-refractivity contribution in [1.82, 2.24) is 4.90 Å². The molecule has 4 rings (SSSR count). The maximum absolute atomic E-state index is 13.3. The van der Waals surface area contributed by atoms with Gasteiger partial charge in [0.2, 0.25) is 5.75 Å². The van der Waals surface area contributed by atoms with Crippen LogP contribution in [0.3, 0.4) is 0 Å². The normalized spacial score (nSPS) is 19.2. The molecule has 166 valence electrons. The van der Waals surface area contributed by atoms with Crippen LogP contribution in [0.2, 0.25) is 0 Å². The van der Waals surface area contributed by atoms with E-state index in [9.17, 15) is 9.18 Å². The fourth-order valence-corrected chi connectivity index (χ4v) is 4.68. The lowest BCUT2D eigenvalue weighted by Crippen LogP contribution is -2.49. The number of hydrogen-bond acceptors (Lipinski definition) is 6. The highest BCUT2D eigenvalue weighted by Crippen LogP contribution is 2.45. The van der Waals surface area contributed by atoms with Crippen LogP contribution >= 0.6 is 0 Å². The second-order valence-corrected chi connectivity index (χ2v) is 8.04. The summed E-state index contributed by atoms with van der Waals surface area (Å²) in [5.41, 5.74) is 2.62. The lowest BCUT2D eigenvalue weighted by Gasteiger charge is -2.38. The molecule has 1 saturated heterocycles. The maximum atomic E-state index is 13.3. The first kappa shape index (κ1) is 21.4. The molecule has 1 aliphatic carbocycles. The number of ether oxygens (including phenoxy) is 3. The van der Waals surface area contributed by atoms with Crippen molar-refractivity contribution in [2.45, 2.75) is 12.8 Å². The third-order valence-corrected chi connectivity index (χ3v) is 6.35. The third kappa shape index (κ3) is 4.19. The molecule has 7 heteroatoms. The van der Waals surface area contributed by atoms with Gasteiger partial charge in [0.05, 0.1) is 21.3 Å². The van der Waals surface area contributed by atoms with Crippen molar-refractivity contribution in [2.75, 3.05) is 59.0 Å². The smallest absolute Gasteiger partial charge is 0.203 e. The number of benzene rings is 2. The van der Waals surface area contributed by atoms with E-state index in [-0.39, 0.29) is 17.5 Å². The quantitative estimate of drug-likeness (QED) is 0.703. The van der Waals surface area contributed by atoms with Gasteiger partial charge >= 0.3 is 0 Å². The Bertz CT molecular complexity index is 940. The number of rotatable bonds is 6. The van der Waals surface area contributed by atoms with Crippen LogP contribution < -0.4 is 19.1 Å². The van der Waals surface area contributed by atoms with Gasteiger partial charge in [-0.2, -0.15) is 0 Å². The monoisotopic (exact) mass is 428 g/mol. The Morgan fingerprint density at radius 2 is 1.65 bits per heavy atom. The highest BCUT2D eigenvalue weighted by molar-refractivity contribution is 6.02. The van der Waals surface area contributed by atoms with Crippen LogP contribution in [0.25, 0.3) is 0 Å². The first-order valence-electron chi connectivity index (χ1n) is 10.6. The molecule has 0 aromatic heterocycles. The van der Waals surface area contributed by atoms with Gasteiger partial charge in [-0.05, 0) is 43.2 Å². The molecule has 6 nitrogen and oxygen atoms in total. The molecular weight excluding hydrogens is 399 g/mol. The van der Waals surface area contributed by atoms with Crippen LogP contribution in [-0.2, 0) is 6.42 Å². The topological polar surface area (TPSA) is 51.2 Å². The van der Waals surface area contributed by atoms with Crippen LogP contribution in [-0.4, -0.2) is 64.7 Å². The highest BCUT2D eigenvalue weighted by Gasteiger charge is 2.34. The van der Waals surface area contributed by atoms with Crippen LogP contribution in [0.5, 0.6) is 17.2 Å². The summed E-state index contributed by atoms with van der Waals surface area (Å²) in [6, 6.07) is 8.43. The van der Waals surface area contributed by atoms with Crippen molar-refractivity contribution in [3.63, 3.8) is 0 Å². The van der Waals surface area contributed by atoms with E-state index in [2.05, 4.69) is 9.80 Å². The molecule has 2 aliphatic rings. The number of fused-ring (bicyclic) bond motifs is 1. The van der Waals surface area contributed by atoms with E-state index in [1.807, 2.05) is 12.1 Å². The number of halogens is 1. The summed E-state index contributed by atoms with van der Waals surface area (Å²) in [4.78, 5) is 17.9. The summed E-state index contributed by atoms with van der Waals surface area (Å²) in [6.07, 6.45) is 1.56. The van der Waals surface area contributed by atoms with E-state index < -0.39 is 0 Å². The Kier molecular flexibility index (Phi) is 6.32. The van der Waals surface area contributed by atoms with E-state index in [1.165, 1.54) is 12.1 Å². The number of piperazine rings is 1. The zero-order valence-electron chi connectivity index (χ0n) is 18.3. The number of ketones is 1. The van der Waals surface area contributed by atoms with Crippen molar-refractivity contribution in [1.29, 1.82) is 0 Å². The van der Waals surface area contributed by atoms with Gasteiger partial charge in [-0.3, -0.25) is 9.69 Å². The van der Waals surface area contributed by atoms with E-state index in [0.29, 0.717) is 22.8 Å². The lowest BCUT2D eigenvalue weighted by molar-refractivity contribution is 0.0852. The molecule has 0 radical (unpaired) electrons. The summed E-state index contributed by atoms with van der Waals surface area (Å²) in [5.74, 6) is 1.52. The molecule has 0 spiro atoms. The molecular formula is C24H29FN2O4. The van der Waals surface area contributed by atoms with Crippen LogP contribution in [0.4, 0.5) is 10.1 Å². The Hall–Kier alpha value is -2.80. The van der Waals surface area contributed by atoms with Gasteiger partial charge < -0.3 is 19.1 Å². The van der Waals surface area contributed by atoms with Gasteiger partial charge in [0.15, 0.2) is 17.3 Å².